The molecular weight excluding hydrogens is 164 g/mol. The number of amides is 1. The summed E-state index contributed by atoms with van der Waals surface area (Å²) in [5.41, 5.74) is 5.67. The van der Waals surface area contributed by atoms with Gasteiger partial charge in [-0.2, -0.15) is 0 Å². The predicted octanol–water partition coefficient (Wildman–Crippen LogP) is 1.05. The Labute approximate surface area is 80.4 Å². The predicted molar refractivity (Wildman–Crippen MR) is 55.2 cm³/mol. The summed E-state index contributed by atoms with van der Waals surface area (Å²) < 4.78 is 0. The molecule has 0 aromatic heterocycles. The minimum atomic E-state index is -0.410. The third kappa shape index (κ3) is 4.68. The molecule has 3 nitrogen and oxygen atoms in total. The fourth-order valence-corrected chi connectivity index (χ4v) is 0.951. The number of nitrogens with two attached hydrogens (primary N) is 1. The number of hydrogen-bond acceptors (Lipinski definition) is 2. The SMILES string of the molecule is C=CCC(C)NC(=O)[C@H](N)C(C)C. The highest BCUT2D eigenvalue weighted by atomic mass is 16.2. The fourth-order valence-electron chi connectivity index (χ4n) is 0.951. The Morgan fingerprint density at radius 1 is 1.54 bits per heavy atom. The molecule has 0 saturated heterocycles. The standard InChI is InChI=1S/C10H20N2O/c1-5-6-8(4)12-10(13)9(11)7(2)3/h5,7-9H,1,6,11H2,2-4H3,(H,12,13)/t8?,9-/m1/s1. The van der Waals surface area contributed by atoms with Crippen LogP contribution in [0.2, 0.25) is 0 Å². The van der Waals surface area contributed by atoms with E-state index in [4.69, 9.17) is 5.73 Å². The van der Waals surface area contributed by atoms with Crippen LogP contribution in [0.4, 0.5) is 0 Å². The van der Waals surface area contributed by atoms with Crippen LogP contribution in [0, 0.1) is 5.92 Å². The van der Waals surface area contributed by atoms with Crippen molar-refractivity contribution in [1.29, 1.82) is 0 Å². The van der Waals surface area contributed by atoms with E-state index in [1.807, 2.05) is 20.8 Å². The lowest BCUT2D eigenvalue weighted by Gasteiger charge is -2.18. The maximum Gasteiger partial charge on any atom is 0.237 e. The molecule has 76 valence electrons. The van der Waals surface area contributed by atoms with Crippen LogP contribution in [-0.4, -0.2) is 18.0 Å². The first-order valence-electron chi connectivity index (χ1n) is 4.65. The lowest BCUT2D eigenvalue weighted by atomic mass is 10.0. The van der Waals surface area contributed by atoms with Crippen LogP contribution in [0.25, 0.3) is 0 Å². The lowest BCUT2D eigenvalue weighted by Crippen LogP contribution is -2.46. The van der Waals surface area contributed by atoms with Gasteiger partial charge in [0.25, 0.3) is 0 Å². The maximum absolute atomic E-state index is 11.4. The minimum absolute atomic E-state index is 0.0793. The molecule has 2 atom stereocenters. The van der Waals surface area contributed by atoms with Gasteiger partial charge < -0.3 is 11.1 Å². The van der Waals surface area contributed by atoms with Crippen molar-refractivity contribution >= 4 is 5.91 Å². The molecule has 0 heterocycles. The molecule has 0 aliphatic rings. The number of carbonyl (C=O) groups is 1. The summed E-state index contributed by atoms with van der Waals surface area (Å²) in [6.45, 7) is 9.41. The van der Waals surface area contributed by atoms with E-state index in [0.717, 1.165) is 6.42 Å². The highest BCUT2D eigenvalue weighted by molar-refractivity contribution is 5.81. The fraction of sp³-hybridized carbons (Fsp3) is 0.700. The minimum Gasteiger partial charge on any atom is -0.352 e. The molecule has 1 amide bonds. The number of rotatable bonds is 5. The van der Waals surface area contributed by atoms with Crippen molar-refractivity contribution in [3.05, 3.63) is 12.7 Å². The number of hydrogen-bond donors (Lipinski definition) is 2. The van der Waals surface area contributed by atoms with Crippen LogP contribution in [0.15, 0.2) is 12.7 Å². The van der Waals surface area contributed by atoms with E-state index in [-0.39, 0.29) is 17.9 Å². The third-order valence-corrected chi connectivity index (χ3v) is 1.93. The van der Waals surface area contributed by atoms with E-state index in [9.17, 15) is 4.79 Å². The van der Waals surface area contributed by atoms with Crippen LogP contribution in [0.5, 0.6) is 0 Å². The molecule has 3 heteroatoms. The first kappa shape index (κ1) is 12.2. The van der Waals surface area contributed by atoms with Crippen LogP contribution < -0.4 is 11.1 Å². The van der Waals surface area contributed by atoms with Gasteiger partial charge in [0.05, 0.1) is 6.04 Å². The molecule has 0 spiro atoms. The van der Waals surface area contributed by atoms with E-state index < -0.39 is 6.04 Å². The second-order valence-electron chi connectivity index (χ2n) is 3.70. The molecule has 0 aliphatic carbocycles. The Balaban J connectivity index is 3.92. The second-order valence-corrected chi connectivity index (χ2v) is 3.70. The van der Waals surface area contributed by atoms with Gasteiger partial charge in [0.15, 0.2) is 0 Å². The average molecular weight is 184 g/mol. The van der Waals surface area contributed by atoms with E-state index in [1.165, 1.54) is 0 Å². The lowest BCUT2D eigenvalue weighted by molar-refractivity contribution is -0.123. The van der Waals surface area contributed by atoms with Crippen molar-refractivity contribution in [3.63, 3.8) is 0 Å². The largest absolute Gasteiger partial charge is 0.352 e. The van der Waals surface area contributed by atoms with Crippen molar-refractivity contribution in [2.45, 2.75) is 39.3 Å². The normalized spacial score (nSPS) is 15.2. The molecule has 0 aromatic rings. The summed E-state index contributed by atoms with van der Waals surface area (Å²) in [5.74, 6) is 0.0975. The Morgan fingerprint density at radius 2 is 2.08 bits per heavy atom. The van der Waals surface area contributed by atoms with Crippen LogP contribution in [-0.2, 0) is 4.79 Å². The molecule has 3 N–H and O–H groups in total. The van der Waals surface area contributed by atoms with Crippen LogP contribution in [0.1, 0.15) is 27.2 Å². The van der Waals surface area contributed by atoms with Crippen molar-refractivity contribution in [2.24, 2.45) is 11.7 Å². The second kappa shape index (κ2) is 5.75. The Morgan fingerprint density at radius 3 is 2.46 bits per heavy atom. The molecule has 0 bridgehead atoms. The molecule has 0 aliphatic heterocycles. The third-order valence-electron chi connectivity index (χ3n) is 1.93. The zero-order chi connectivity index (χ0) is 10.4. The molecule has 0 fully saturated rings. The Bertz CT molecular complexity index is 178. The first-order chi connectivity index (χ1) is 5.99. The molecule has 1 unspecified atom stereocenters. The van der Waals surface area contributed by atoms with E-state index in [2.05, 4.69) is 11.9 Å². The first-order valence-corrected chi connectivity index (χ1v) is 4.65. The smallest absolute Gasteiger partial charge is 0.237 e. The number of carbonyl (C=O) groups excluding carboxylic acids is 1. The Hall–Kier alpha value is -0.830. The van der Waals surface area contributed by atoms with Crippen LogP contribution in [0.3, 0.4) is 0 Å². The highest BCUT2D eigenvalue weighted by Gasteiger charge is 2.17. The summed E-state index contributed by atoms with van der Waals surface area (Å²) in [6, 6.07) is -0.290. The van der Waals surface area contributed by atoms with Gasteiger partial charge in [0, 0.05) is 6.04 Å². The average Bonchev–Trinajstić information content (AvgIpc) is 2.03. The Kier molecular flexibility index (Phi) is 5.39. The summed E-state index contributed by atoms with van der Waals surface area (Å²) in [5, 5.41) is 2.83. The molecule has 13 heavy (non-hydrogen) atoms. The quantitative estimate of drug-likeness (QED) is 0.627. The molecule has 0 rings (SSSR count). The summed E-state index contributed by atoms with van der Waals surface area (Å²) in [4.78, 5) is 11.4. The van der Waals surface area contributed by atoms with Gasteiger partial charge in [-0.05, 0) is 19.3 Å². The highest BCUT2D eigenvalue weighted by Crippen LogP contribution is 1.99. The zero-order valence-electron chi connectivity index (χ0n) is 8.71. The van der Waals surface area contributed by atoms with Gasteiger partial charge in [-0.25, -0.2) is 0 Å². The maximum atomic E-state index is 11.4. The van der Waals surface area contributed by atoms with E-state index in [1.54, 1.807) is 6.08 Å². The van der Waals surface area contributed by atoms with Gasteiger partial charge in [-0.15, -0.1) is 6.58 Å². The van der Waals surface area contributed by atoms with Gasteiger partial charge in [0.2, 0.25) is 5.91 Å². The molecule has 0 radical (unpaired) electrons. The molecule has 0 aromatic carbocycles. The monoisotopic (exact) mass is 184 g/mol. The van der Waals surface area contributed by atoms with Gasteiger partial charge in [-0.1, -0.05) is 19.9 Å². The van der Waals surface area contributed by atoms with Gasteiger partial charge in [0.1, 0.15) is 0 Å². The summed E-state index contributed by atoms with van der Waals surface area (Å²) in [6.07, 6.45) is 2.56. The zero-order valence-corrected chi connectivity index (χ0v) is 8.71. The van der Waals surface area contributed by atoms with Crippen molar-refractivity contribution in [2.75, 3.05) is 0 Å². The summed E-state index contributed by atoms with van der Waals surface area (Å²) in [7, 11) is 0. The van der Waals surface area contributed by atoms with Crippen molar-refractivity contribution in [1.82, 2.24) is 5.32 Å². The molecule has 0 saturated carbocycles. The van der Waals surface area contributed by atoms with Crippen molar-refractivity contribution < 1.29 is 4.79 Å². The topological polar surface area (TPSA) is 55.1 Å². The van der Waals surface area contributed by atoms with Gasteiger partial charge in [-0.3, -0.25) is 4.79 Å². The summed E-state index contributed by atoms with van der Waals surface area (Å²) >= 11 is 0. The van der Waals surface area contributed by atoms with Gasteiger partial charge >= 0.3 is 0 Å². The van der Waals surface area contributed by atoms with E-state index in [0.29, 0.717) is 0 Å². The molecular formula is C10H20N2O. The number of nitrogens with one attached hydrogen (secondary N) is 1. The van der Waals surface area contributed by atoms with E-state index >= 15 is 0 Å². The van der Waals surface area contributed by atoms with Crippen molar-refractivity contribution in [3.8, 4) is 0 Å². The van der Waals surface area contributed by atoms with Crippen LogP contribution >= 0.6 is 0 Å².